The number of carbonyl (C=O) groups is 1. The van der Waals surface area contributed by atoms with Crippen LogP contribution in [0.4, 0.5) is 11.4 Å². The first-order valence-corrected chi connectivity index (χ1v) is 8.98. The highest BCUT2D eigenvalue weighted by Gasteiger charge is 2.17. The minimum atomic E-state index is -0.366. The molecule has 0 fully saturated rings. The molecular weight excluding hydrogens is 350 g/mol. The summed E-state index contributed by atoms with van der Waals surface area (Å²) in [6, 6.07) is 3.50. The summed E-state index contributed by atoms with van der Waals surface area (Å²) in [7, 11) is 0. The van der Waals surface area contributed by atoms with E-state index in [0.717, 1.165) is 4.90 Å². The number of nitrogens with two attached hydrogens (primary N) is 2. The molecule has 0 aliphatic rings. The number of nitrogen functional groups attached to an aromatic ring is 2. The second-order valence-electron chi connectivity index (χ2n) is 6.25. The molecule has 0 aromatic carbocycles. The summed E-state index contributed by atoms with van der Waals surface area (Å²) in [5.41, 5.74) is 14.2. The Kier molecular flexibility index (Phi) is 5.86. The molecule has 0 aliphatic carbocycles. The highest BCUT2D eigenvalue weighted by atomic mass is 32.2. The SMILES string of the molecule is C=NC(=O)Cc1cc(N)c(-n2c(C)cc(SC(C)C)c(N)c2=O)nc1C. The fourth-order valence-corrected chi connectivity index (χ4v) is 3.52. The quantitative estimate of drug-likeness (QED) is 0.613. The fraction of sp³-hybridized carbons (Fsp3) is 0.333. The van der Waals surface area contributed by atoms with Crippen LogP contribution in [0, 0.1) is 13.8 Å². The molecule has 0 bridgehead atoms. The first kappa shape index (κ1) is 19.7. The van der Waals surface area contributed by atoms with Crippen molar-refractivity contribution in [2.24, 2.45) is 4.99 Å². The zero-order valence-corrected chi connectivity index (χ0v) is 16.2. The number of hydrogen-bond donors (Lipinski definition) is 2. The number of aryl methyl sites for hydroxylation is 2. The molecule has 0 saturated heterocycles. The van der Waals surface area contributed by atoms with E-state index in [9.17, 15) is 9.59 Å². The Morgan fingerprint density at radius 2 is 2.00 bits per heavy atom. The van der Waals surface area contributed by atoms with Crippen LogP contribution in [0.2, 0.25) is 0 Å². The average Bonchev–Trinajstić information content (AvgIpc) is 2.56. The summed E-state index contributed by atoms with van der Waals surface area (Å²) in [5.74, 6) is -0.0599. The maximum Gasteiger partial charge on any atom is 0.280 e. The van der Waals surface area contributed by atoms with Crippen molar-refractivity contribution in [3.63, 3.8) is 0 Å². The van der Waals surface area contributed by atoms with Gasteiger partial charge in [0.05, 0.1) is 12.1 Å². The highest BCUT2D eigenvalue weighted by molar-refractivity contribution is 8.00. The number of carbonyl (C=O) groups excluding carboxylic acids is 1. The summed E-state index contributed by atoms with van der Waals surface area (Å²) in [6.07, 6.45) is 0.0623. The Labute approximate surface area is 156 Å². The number of amides is 1. The van der Waals surface area contributed by atoms with Crippen molar-refractivity contribution in [1.82, 2.24) is 9.55 Å². The molecule has 2 aromatic rings. The zero-order chi connectivity index (χ0) is 19.6. The summed E-state index contributed by atoms with van der Waals surface area (Å²) >= 11 is 1.53. The van der Waals surface area contributed by atoms with E-state index in [2.05, 4.69) is 16.7 Å². The molecule has 8 heteroatoms. The van der Waals surface area contributed by atoms with Crippen LogP contribution in [-0.2, 0) is 11.2 Å². The molecule has 2 rings (SSSR count). The molecule has 0 aliphatic heterocycles. The third-order valence-corrected chi connectivity index (χ3v) is 4.87. The maximum absolute atomic E-state index is 12.8. The first-order chi connectivity index (χ1) is 12.1. The summed E-state index contributed by atoms with van der Waals surface area (Å²) in [5, 5.41) is 0.299. The van der Waals surface area contributed by atoms with Gasteiger partial charge < -0.3 is 11.5 Å². The van der Waals surface area contributed by atoms with Crippen LogP contribution in [0.1, 0.15) is 30.8 Å². The minimum Gasteiger partial charge on any atom is -0.396 e. The number of nitrogens with zero attached hydrogens (tertiary/aromatic N) is 3. The zero-order valence-electron chi connectivity index (χ0n) is 15.4. The van der Waals surface area contributed by atoms with Gasteiger partial charge in [-0.2, -0.15) is 0 Å². The normalized spacial score (nSPS) is 11.0. The van der Waals surface area contributed by atoms with Crippen LogP contribution in [0.15, 0.2) is 26.8 Å². The predicted molar refractivity (Wildman–Crippen MR) is 107 cm³/mol. The smallest absolute Gasteiger partial charge is 0.280 e. The molecule has 0 unspecified atom stereocenters. The Balaban J connectivity index is 2.60. The van der Waals surface area contributed by atoms with Crippen molar-refractivity contribution < 1.29 is 4.79 Å². The second kappa shape index (κ2) is 7.74. The predicted octanol–water partition coefficient (Wildman–Crippen LogP) is 2.28. The second-order valence-corrected chi connectivity index (χ2v) is 7.86. The van der Waals surface area contributed by atoms with Gasteiger partial charge in [-0.25, -0.2) is 9.98 Å². The molecule has 2 heterocycles. The van der Waals surface area contributed by atoms with Crippen LogP contribution in [0.25, 0.3) is 5.82 Å². The lowest BCUT2D eigenvalue weighted by Crippen LogP contribution is -2.26. The van der Waals surface area contributed by atoms with E-state index in [1.54, 1.807) is 19.9 Å². The van der Waals surface area contributed by atoms with Crippen molar-refractivity contribution in [3.8, 4) is 5.82 Å². The molecule has 138 valence electrons. The van der Waals surface area contributed by atoms with Gasteiger partial charge in [-0.15, -0.1) is 11.8 Å². The van der Waals surface area contributed by atoms with Gasteiger partial charge >= 0.3 is 0 Å². The maximum atomic E-state index is 12.8. The van der Waals surface area contributed by atoms with Crippen molar-refractivity contribution in [3.05, 3.63) is 39.4 Å². The lowest BCUT2D eigenvalue weighted by Gasteiger charge is -2.17. The Morgan fingerprint density at radius 3 is 2.58 bits per heavy atom. The van der Waals surface area contributed by atoms with Crippen LogP contribution in [-0.4, -0.2) is 27.4 Å². The van der Waals surface area contributed by atoms with Crippen molar-refractivity contribution >= 4 is 35.8 Å². The third kappa shape index (κ3) is 3.96. The molecule has 0 radical (unpaired) electrons. The van der Waals surface area contributed by atoms with Gasteiger partial charge in [-0.3, -0.25) is 14.2 Å². The van der Waals surface area contributed by atoms with E-state index in [-0.39, 0.29) is 29.3 Å². The van der Waals surface area contributed by atoms with E-state index in [4.69, 9.17) is 11.5 Å². The van der Waals surface area contributed by atoms with Crippen LogP contribution >= 0.6 is 11.8 Å². The molecule has 4 N–H and O–H groups in total. The number of anilines is 2. The molecule has 0 saturated carbocycles. The van der Waals surface area contributed by atoms with Gasteiger partial charge in [0.25, 0.3) is 5.56 Å². The number of aliphatic imine (C=N–C) groups is 1. The largest absolute Gasteiger partial charge is 0.396 e. The summed E-state index contributed by atoms with van der Waals surface area (Å²) in [6.45, 7) is 10.8. The number of rotatable bonds is 5. The van der Waals surface area contributed by atoms with Crippen molar-refractivity contribution in [2.75, 3.05) is 11.5 Å². The van der Waals surface area contributed by atoms with Crippen LogP contribution in [0.3, 0.4) is 0 Å². The topological polar surface area (TPSA) is 116 Å². The molecule has 0 spiro atoms. The van der Waals surface area contributed by atoms with E-state index < -0.39 is 0 Å². The molecule has 0 atom stereocenters. The molecule has 26 heavy (non-hydrogen) atoms. The standard InChI is InChI=1S/C18H23N5O2S/c1-9(2)26-14-6-10(3)23(18(25)16(14)20)17-13(19)7-12(11(4)22-17)8-15(24)21-5/h6-7,9H,5,8,19-20H2,1-4H3. The van der Waals surface area contributed by atoms with Gasteiger partial charge in [-0.05, 0) is 38.3 Å². The van der Waals surface area contributed by atoms with E-state index in [1.807, 2.05) is 19.9 Å². The highest BCUT2D eigenvalue weighted by Crippen LogP contribution is 2.29. The lowest BCUT2D eigenvalue weighted by atomic mass is 10.1. The van der Waals surface area contributed by atoms with E-state index >= 15 is 0 Å². The molecule has 1 amide bonds. The van der Waals surface area contributed by atoms with Gasteiger partial charge in [0.1, 0.15) is 5.69 Å². The van der Waals surface area contributed by atoms with Gasteiger partial charge in [-0.1, -0.05) is 13.8 Å². The van der Waals surface area contributed by atoms with E-state index in [0.29, 0.717) is 28.0 Å². The van der Waals surface area contributed by atoms with Crippen LogP contribution in [0.5, 0.6) is 0 Å². The Bertz CT molecular complexity index is 934. The minimum absolute atomic E-state index is 0.0623. The number of hydrogen-bond acceptors (Lipinski definition) is 6. The average molecular weight is 373 g/mol. The number of thioether (sulfide) groups is 1. The third-order valence-electron chi connectivity index (χ3n) is 3.81. The molecule has 7 nitrogen and oxygen atoms in total. The number of pyridine rings is 2. The number of aromatic nitrogens is 2. The summed E-state index contributed by atoms with van der Waals surface area (Å²) in [4.78, 5) is 32.9. The fourth-order valence-electron chi connectivity index (χ4n) is 2.56. The van der Waals surface area contributed by atoms with Gasteiger partial charge in [0, 0.05) is 21.5 Å². The monoisotopic (exact) mass is 373 g/mol. The summed E-state index contributed by atoms with van der Waals surface area (Å²) < 4.78 is 1.40. The lowest BCUT2D eigenvalue weighted by molar-refractivity contribution is -0.117. The van der Waals surface area contributed by atoms with Gasteiger partial charge in [0.2, 0.25) is 5.91 Å². The van der Waals surface area contributed by atoms with Crippen molar-refractivity contribution in [2.45, 2.75) is 44.3 Å². The van der Waals surface area contributed by atoms with Crippen LogP contribution < -0.4 is 17.0 Å². The van der Waals surface area contributed by atoms with Crippen molar-refractivity contribution in [1.29, 1.82) is 0 Å². The Morgan fingerprint density at radius 1 is 1.35 bits per heavy atom. The van der Waals surface area contributed by atoms with Gasteiger partial charge in [0.15, 0.2) is 5.82 Å². The Hall–Kier alpha value is -2.61. The molecule has 2 aromatic heterocycles. The molecular formula is C18H23N5O2S. The van der Waals surface area contributed by atoms with E-state index in [1.165, 1.54) is 16.3 Å². The first-order valence-electron chi connectivity index (χ1n) is 8.10.